The average Bonchev–Trinajstić information content (AvgIpc) is 2.19. The van der Waals surface area contributed by atoms with Crippen LogP contribution in [0, 0.1) is 5.21 Å². The molecule has 0 amide bonds. The second-order valence-corrected chi connectivity index (χ2v) is 2.54. The van der Waals surface area contributed by atoms with Gasteiger partial charge in [-0.1, -0.05) is 4.85 Å². The summed E-state index contributed by atoms with van der Waals surface area (Å²) < 4.78 is 0. The molecule has 0 aliphatic heterocycles. The minimum atomic E-state index is 0.530. The molecule has 4 nitrogen and oxygen atoms in total. The molecule has 0 N–H and O–H groups in total. The highest BCUT2D eigenvalue weighted by atomic mass is 16.5. The molecular formula is C9H7N3O. The Labute approximate surface area is 75.1 Å². The molecule has 2 heterocycles. The summed E-state index contributed by atoms with van der Waals surface area (Å²) in [6.45, 7) is 0. The van der Waals surface area contributed by atoms with Gasteiger partial charge in [0.15, 0.2) is 0 Å². The predicted molar refractivity (Wildman–Crippen MR) is 46.4 cm³/mol. The van der Waals surface area contributed by atoms with Crippen LogP contribution in [0.25, 0.3) is 11.3 Å². The molecule has 0 aliphatic carbocycles. The molecule has 0 fully saturated rings. The van der Waals surface area contributed by atoms with Crippen molar-refractivity contribution < 1.29 is 4.85 Å². The lowest BCUT2D eigenvalue weighted by Crippen LogP contribution is -2.30. The van der Waals surface area contributed by atoms with Gasteiger partial charge < -0.3 is 5.21 Å². The fourth-order valence-electron chi connectivity index (χ4n) is 1.05. The van der Waals surface area contributed by atoms with Crippen molar-refractivity contribution in [1.29, 1.82) is 0 Å². The van der Waals surface area contributed by atoms with Gasteiger partial charge in [0.2, 0.25) is 6.20 Å². The third kappa shape index (κ3) is 1.61. The number of hydrogen-bond donors (Lipinski definition) is 0. The Bertz CT molecular complexity index is 403. The number of nitrogens with zero attached hydrogens (tertiary/aromatic N) is 3. The standard InChI is InChI=1S/C9H7N3O/c13-12-6-2-4-9(11-12)8-3-1-5-10-7-8/h1-7H. The van der Waals surface area contributed by atoms with E-state index in [9.17, 15) is 5.21 Å². The zero-order chi connectivity index (χ0) is 9.10. The number of pyridine rings is 1. The van der Waals surface area contributed by atoms with Crippen LogP contribution in [0.2, 0.25) is 0 Å². The quantitative estimate of drug-likeness (QED) is 0.473. The SMILES string of the molecule is [O-][n+]1cccc(-c2cccnc2)n1. The van der Waals surface area contributed by atoms with Crippen LogP contribution < -0.4 is 4.85 Å². The summed E-state index contributed by atoms with van der Waals surface area (Å²) in [4.78, 5) is 4.47. The van der Waals surface area contributed by atoms with Crippen LogP contribution in [0.1, 0.15) is 0 Å². The van der Waals surface area contributed by atoms with Gasteiger partial charge in [-0.3, -0.25) is 4.98 Å². The smallest absolute Gasteiger partial charge is 0.209 e. The van der Waals surface area contributed by atoms with Crippen molar-refractivity contribution in [1.82, 2.24) is 10.1 Å². The molecule has 0 unspecified atom stereocenters. The van der Waals surface area contributed by atoms with Gasteiger partial charge in [0, 0.05) is 29.1 Å². The molecule has 64 valence electrons. The van der Waals surface area contributed by atoms with Crippen LogP contribution in [-0.2, 0) is 0 Å². The fraction of sp³-hybridized carbons (Fsp3) is 0. The highest BCUT2D eigenvalue weighted by Gasteiger charge is 2.01. The summed E-state index contributed by atoms with van der Waals surface area (Å²) in [5.41, 5.74) is 1.47. The molecule has 0 aliphatic rings. The van der Waals surface area contributed by atoms with Crippen molar-refractivity contribution in [2.45, 2.75) is 0 Å². The Morgan fingerprint density at radius 2 is 2.15 bits per heavy atom. The van der Waals surface area contributed by atoms with Crippen LogP contribution in [0.4, 0.5) is 0 Å². The lowest BCUT2D eigenvalue weighted by atomic mass is 10.2. The molecule has 0 saturated heterocycles. The van der Waals surface area contributed by atoms with E-state index in [-0.39, 0.29) is 0 Å². The highest BCUT2D eigenvalue weighted by Crippen LogP contribution is 2.11. The van der Waals surface area contributed by atoms with Gasteiger partial charge in [-0.15, -0.1) is 0 Å². The zero-order valence-electron chi connectivity index (χ0n) is 6.79. The number of rotatable bonds is 1. The van der Waals surface area contributed by atoms with E-state index < -0.39 is 0 Å². The molecule has 0 bridgehead atoms. The van der Waals surface area contributed by atoms with E-state index in [1.165, 1.54) is 6.20 Å². The minimum absolute atomic E-state index is 0.530. The summed E-state index contributed by atoms with van der Waals surface area (Å²) in [6.07, 6.45) is 4.69. The molecule has 2 aromatic rings. The maximum atomic E-state index is 10.8. The second kappa shape index (κ2) is 3.18. The van der Waals surface area contributed by atoms with E-state index in [1.54, 1.807) is 30.6 Å². The van der Waals surface area contributed by atoms with Crippen molar-refractivity contribution in [3.8, 4) is 11.3 Å². The molecule has 0 aromatic carbocycles. The first-order valence-corrected chi connectivity index (χ1v) is 3.83. The van der Waals surface area contributed by atoms with Gasteiger partial charge in [0.1, 0.15) is 5.69 Å². The van der Waals surface area contributed by atoms with Gasteiger partial charge in [-0.2, -0.15) is 0 Å². The van der Waals surface area contributed by atoms with Crippen molar-refractivity contribution >= 4 is 0 Å². The van der Waals surface area contributed by atoms with E-state index >= 15 is 0 Å². The molecule has 2 aromatic heterocycles. The Morgan fingerprint density at radius 1 is 1.23 bits per heavy atom. The maximum Gasteiger partial charge on any atom is 0.209 e. The van der Waals surface area contributed by atoms with Gasteiger partial charge in [-0.25, -0.2) is 0 Å². The van der Waals surface area contributed by atoms with E-state index in [0.29, 0.717) is 10.5 Å². The Balaban J connectivity index is 2.48. The summed E-state index contributed by atoms with van der Waals surface area (Å²) in [5, 5.41) is 14.6. The molecular weight excluding hydrogens is 166 g/mol. The first-order valence-electron chi connectivity index (χ1n) is 3.83. The topological polar surface area (TPSA) is 52.7 Å². The van der Waals surface area contributed by atoms with Crippen LogP contribution in [-0.4, -0.2) is 10.1 Å². The molecule has 2 rings (SSSR count). The Hall–Kier alpha value is -1.97. The normalized spacial score (nSPS) is 9.85. The van der Waals surface area contributed by atoms with Gasteiger partial charge >= 0.3 is 0 Å². The molecule has 0 atom stereocenters. The monoisotopic (exact) mass is 173 g/mol. The first-order chi connectivity index (χ1) is 6.36. The van der Waals surface area contributed by atoms with E-state index in [2.05, 4.69) is 10.1 Å². The summed E-state index contributed by atoms with van der Waals surface area (Å²) in [6, 6.07) is 7.09. The van der Waals surface area contributed by atoms with Gasteiger partial charge in [-0.05, 0) is 18.2 Å². The Morgan fingerprint density at radius 3 is 2.85 bits per heavy atom. The molecule has 4 heteroatoms. The maximum absolute atomic E-state index is 10.8. The predicted octanol–water partition coefficient (Wildman–Crippen LogP) is 0.777. The third-order valence-electron chi connectivity index (χ3n) is 1.63. The van der Waals surface area contributed by atoms with Crippen molar-refractivity contribution in [2.75, 3.05) is 0 Å². The molecule has 0 saturated carbocycles. The van der Waals surface area contributed by atoms with Gasteiger partial charge in [0.05, 0.1) is 0 Å². The van der Waals surface area contributed by atoms with Crippen molar-refractivity contribution in [3.63, 3.8) is 0 Å². The first kappa shape index (κ1) is 7.67. The second-order valence-electron chi connectivity index (χ2n) is 2.54. The van der Waals surface area contributed by atoms with Crippen LogP contribution in [0.15, 0.2) is 42.9 Å². The third-order valence-corrected chi connectivity index (χ3v) is 1.63. The summed E-state index contributed by atoms with van der Waals surface area (Å²) in [5.74, 6) is 0. The average molecular weight is 173 g/mol. The summed E-state index contributed by atoms with van der Waals surface area (Å²) in [7, 11) is 0. The molecule has 0 radical (unpaired) electrons. The minimum Gasteiger partial charge on any atom is -0.594 e. The Kier molecular flexibility index (Phi) is 1.88. The largest absolute Gasteiger partial charge is 0.594 e. The lowest BCUT2D eigenvalue weighted by Gasteiger charge is -1.97. The zero-order valence-corrected chi connectivity index (χ0v) is 6.79. The van der Waals surface area contributed by atoms with Gasteiger partial charge in [0.25, 0.3) is 0 Å². The fourth-order valence-corrected chi connectivity index (χ4v) is 1.05. The van der Waals surface area contributed by atoms with E-state index in [0.717, 1.165) is 5.56 Å². The number of hydrogen-bond acceptors (Lipinski definition) is 3. The van der Waals surface area contributed by atoms with Crippen LogP contribution in [0.3, 0.4) is 0 Å². The molecule has 13 heavy (non-hydrogen) atoms. The lowest BCUT2D eigenvalue weighted by molar-refractivity contribution is -0.668. The highest BCUT2D eigenvalue weighted by molar-refractivity contribution is 5.55. The van der Waals surface area contributed by atoms with E-state index in [1.807, 2.05) is 6.07 Å². The van der Waals surface area contributed by atoms with Crippen molar-refractivity contribution in [2.24, 2.45) is 0 Å². The molecule has 0 spiro atoms. The van der Waals surface area contributed by atoms with Crippen molar-refractivity contribution in [3.05, 3.63) is 48.1 Å². The van der Waals surface area contributed by atoms with Crippen LogP contribution in [0.5, 0.6) is 0 Å². The number of aromatic nitrogens is 3. The van der Waals surface area contributed by atoms with Crippen LogP contribution >= 0.6 is 0 Å². The summed E-state index contributed by atoms with van der Waals surface area (Å²) >= 11 is 0. The van der Waals surface area contributed by atoms with E-state index in [4.69, 9.17) is 0 Å².